The van der Waals surface area contributed by atoms with Crippen molar-refractivity contribution in [2.45, 2.75) is 65.7 Å². The lowest BCUT2D eigenvalue weighted by molar-refractivity contribution is 0.432. The van der Waals surface area contributed by atoms with E-state index < -0.39 is 0 Å². The van der Waals surface area contributed by atoms with Gasteiger partial charge in [0.15, 0.2) is 0 Å². The fourth-order valence-electron chi connectivity index (χ4n) is 4.07. The Morgan fingerprint density at radius 1 is 1.18 bits per heavy atom. The van der Waals surface area contributed by atoms with E-state index >= 15 is 0 Å². The molecule has 3 rings (SSSR count). The molecule has 0 aromatic heterocycles. The zero-order valence-electron chi connectivity index (χ0n) is 17.8. The molecule has 28 heavy (non-hydrogen) atoms. The van der Waals surface area contributed by atoms with Crippen LogP contribution in [0.25, 0.3) is 4.91 Å². The van der Waals surface area contributed by atoms with Crippen LogP contribution in [0.15, 0.2) is 47.9 Å². The summed E-state index contributed by atoms with van der Waals surface area (Å²) < 4.78 is 1.35. The zero-order valence-corrected chi connectivity index (χ0v) is 20.8. The topological polar surface area (TPSA) is 0 Å². The molecule has 0 aliphatic heterocycles. The van der Waals surface area contributed by atoms with Crippen LogP contribution in [0.1, 0.15) is 67.0 Å². The first-order chi connectivity index (χ1) is 13.2. The molecule has 0 atom stereocenters. The molecule has 2 heteroatoms. The minimum absolute atomic E-state index is 0.278. The number of allylic oxidation sites excluding steroid dienone is 1. The van der Waals surface area contributed by atoms with E-state index in [-0.39, 0.29) is 5.41 Å². The van der Waals surface area contributed by atoms with Crippen molar-refractivity contribution in [1.82, 2.24) is 0 Å². The van der Waals surface area contributed by atoms with E-state index in [4.69, 9.17) is 0 Å². The highest BCUT2D eigenvalue weighted by Crippen LogP contribution is 2.39. The van der Waals surface area contributed by atoms with Crippen molar-refractivity contribution in [3.63, 3.8) is 0 Å². The van der Waals surface area contributed by atoms with Gasteiger partial charge in [0.05, 0.1) is 0 Å². The molecule has 0 spiro atoms. The Labute approximate surface area is 189 Å². The Bertz CT molecular complexity index is 934. The minimum atomic E-state index is 0.278. The number of benzene rings is 2. The maximum Gasteiger partial charge on any atom is 0.0162 e. The van der Waals surface area contributed by atoms with Gasteiger partial charge in [0.25, 0.3) is 0 Å². The summed E-state index contributed by atoms with van der Waals surface area (Å²) in [6.45, 7) is 15.7. The first-order valence-corrected chi connectivity index (χ1v) is 12.0. The molecule has 1 aliphatic carbocycles. The molecule has 0 bridgehead atoms. The lowest BCUT2D eigenvalue weighted by Gasteiger charge is -2.33. The van der Waals surface area contributed by atoms with Crippen LogP contribution in [0.5, 0.6) is 0 Å². The molecule has 2 aromatic rings. The molecule has 0 N–H and O–H groups in total. The smallest absolute Gasteiger partial charge is 0.0162 e. The fourth-order valence-corrected chi connectivity index (χ4v) is 5.38. The van der Waals surface area contributed by atoms with Crippen LogP contribution in [-0.2, 0) is 18.3 Å². The molecule has 0 nitrogen and oxygen atoms in total. The van der Waals surface area contributed by atoms with Gasteiger partial charge in [-0.25, -0.2) is 0 Å². The van der Waals surface area contributed by atoms with Gasteiger partial charge in [-0.1, -0.05) is 56.0 Å². The molecule has 0 saturated heterocycles. The van der Waals surface area contributed by atoms with Gasteiger partial charge >= 0.3 is 0 Å². The largest absolute Gasteiger partial charge is 0.0981 e. The third-order valence-electron chi connectivity index (χ3n) is 5.90. The number of fused-ring (bicyclic) bond motifs is 1. The Morgan fingerprint density at radius 2 is 1.93 bits per heavy atom. The molecule has 2 aromatic carbocycles. The van der Waals surface area contributed by atoms with Gasteiger partial charge in [0.1, 0.15) is 0 Å². The molecule has 0 unspecified atom stereocenters. The predicted molar refractivity (Wildman–Crippen MR) is 135 cm³/mol. The number of thioether (sulfide) groups is 1. The summed E-state index contributed by atoms with van der Waals surface area (Å²) in [6, 6.07) is 11.6. The number of halogens is 1. The van der Waals surface area contributed by atoms with Gasteiger partial charge in [-0.15, -0.1) is 0 Å². The monoisotopic (exact) mass is 502 g/mol. The molecule has 0 radical (unpaired) electrons. The quantitative estimate of drug-likeness (QED) is 0.370. The van der Waals surface area contributed by atoms with Crippen molar-refractivity contribution in [2.75, 3.05) is 0 Å². The number of rotatable bonds is 5. The maximum atomic E-state index is 4.36. The highest BCUT2D eigenvalue weighted by molar-refractivity contribution is 14.1. The van der Waals surface area contributed by atoms with E-state index in [0.29, 0.717) is 0 Å². The van der Waals surface area contributed by atoms with Crippen LogP contribution in [0.3, 0.4) is 0 Å². The van der Waals surface area contributed by atoms with Crippen molar-refractivity contribution in [3.8, 4) is 0 Å². The van der Waals surface area contributed by atoms with Crippen LogP contribution >= 0.6 is 34.4 Å². The Balaban J connectivity index is 1.72. The summed E-state index contributed by atoms with van der Waals surface area (Å²) in [5, 5.41) is 2.28. The van der Waals surface area contributed by atoms with E-state index in [2.05, 4.69) is 99.5 Å². The third-order valence-corrected chi connectivity index (χ3v) is 8.10. The second-order valence-electron chi connectivity index (χ2n) is 8.82. The fraction of sp³-hybridized carbons (Fsp3) is 0.385. The Morgan fingerprint density at radius 3 is 2.68 bits per heavy atom. The summed E-state index contributed by atoms with van der Waals surface area (Å²) >= 11 is 4.18. The minimum Gasteiger partial charge on any atom is -0.0981 e. The van der Waals surface area contributed by atoms with E-state index in [1.54, 1.807) is 11.8 Å². The van der Waals surface area contributed by atoms with Crippen molar-refractivity contribution < 1.29 is 0 Å². The maximum absolute atomic E-state index is 4.36. The van der Waals surface area contributed by atoms with Crippen LogP contribution in [0, 0.1) is 17.4 Å². The standard InChI is InChI=1S/C26H31IS/c1-17(12-23-13-19(3)25(27)14-18(23)2)16-28-20(4)22-10-9-21-8-7-11-26(5,6)24(21)15-22/h9-10,13-16H,4,7-8,11-12H2,1-3,5-6H3/b17-16+. The summed E-state index contributed by atoms with van der Waals surface area (Å²) in [4.78, 5) is 1.14. The van der Waals surface area contributed by atoms with Crippen molar-refractivity contribution in [1.29, 1.82) is 0 Å². The third kappa shape index (κ3) is 4.94. The second kappa shape index (κ2) is 8.79. The molecule has 0 saturated carbocycles. The SMILES string of the molecule is C=C(S/C=C(\C)Cc1cc(C)c(I)cc1C)c1ccc2c(c1)C(C)(C)CCC2. The summed E-state index contributed by atoms with van der Waals surface area (Å²) in [5.74, 6) is 0. The van der Waals surface area contributed by atoms with Crippen LogP contribution in [0.4, 0.5) is 0 Å². The average molecular weight is 503 g/mol. The van der Waals surface area contributed by atoms with Gasteiger partial charge in [-0.2, -0.15) is 0 Å². The van der Waals surface area contributed by atoms with E-state index in [1.807, 2.05) is 0 Å². The van der Waals surface area contributed by atoms with Crippen LogP contribution < -0.4 is 0 Å². The lowest BCUT2D eigenvalue weighted by atomic mass is 9.72. The van der Waals surface area contributed by atoms with Gasteiger partial charge in [-0.05, 0) is 125 Å². The van der Waals surface area contributed by atoms with Crippen molar-refractivity contribution in [3.05, 3.63) is 84.8 Å². The Hall–Kier alpha value is -1.00. The number of aryl methyl sites for hydroxylation is 3. The van der Waals surface area contributed by atoms with Crippen LogP contribution in [0.2, 0.25) is 0 Å². The predicted octanol–water partition coefficient (Wildman–Crippen LogP) is 8.37. The molecule has 0 fully saturated rings. The summed E-state index contributed by atoms with van der Waals surface area (Å²) in [6.07, 6.45) is 4.79. The first kappa shape index (κ1) is 21.7. The Kier molecular flexibility index (Phi) is 6.81. The highest BCUT2D eigenvalue weighted by atomic mass is 127. The normalized spacial score (nSPS) is 16.0. The highest BCUT2D eigenvalue weighted by Gasteiger charge is 2.27. The van der Waals surface area contributed by atoms with E-state index in [9.17, 15) is 0 Å². The second-order valence-corrected chi connectivity index (χ2v) is 10.9. The molecule has 0 heterocycles. The summed E-state index contributed by atoms with van der Waals surface area (Å²) in [5.41, 5.74) is 10.1. The van der Waals surface area contributed by atoms with Crippen LogP contribution in [-0.4, -0.2) is 0 Å². The molecule has 1 aliphatic rings. The zero-order chi connectivity index (χ0) is 20.5. The van der Waals surface area contributed by atoms with Crippen molar-refractivity contribution in [2.24, 2.45) is 0 Å². The molecular weight excluding hydrogens is 471 g/mol. The van der Waals surface area contributed by atoms with Crippen molar-refractivity contribution >= 4 is 39.3 Å². The van der Waals surface area contributed by atoms with Gasteiger partial charge in [-0.3, -0.25) is 0 Å². The molecular formula is C26H31IS. The van der Waals surface area contributed by atoms with Gasteiger partial charge < -0.3 is 0 Å². The number of hydrogen-bond acceptors (Lipinski definition) is 1. The van der Waals surface area contributed by atoms with E-state index in [1.165, 1.54) is 61.8 Å². The average Bonchev–Trinajstić information content (AvgIpc) is 2.64. The molecule has 148 valence electrons. The van der Waals surface area contributed by atoms with Gasteiger partial charge in [0.2, 0.25) is 0 Å². The lowest BCUT2D eigenvalue weighted by Crippen LogP contribution is -2.23. The van der Waals surface area contributed by atoms with Gasteiger partial charge in [0, 0.05) is 8.48 Å². The molecule has 0 amide bonds. The first-order valence-electron chi connectivity index (χ1n) is 10.1. The number of hydrogen-bond donors (Lipinski definition) is 0. The summed E-state index contributed by atoms with van der Waals surface area (Å²) in [7, 11) is 0. The van der Waals surface area contributed by atoms with E-state index in [0.717, 1.165) is 11.3 Å².